The van der Waals surface area contributed by atoms with Gasteiger partial charge < -0.3 is 19.7 Å². The molecule has 1 aliphatic rings. The average molecular weight is 519 g/mol. The van der Waals surface area contributed by atoms with Crippen molar-refractivity contribution >= 4 is 25.2 Å². The zero-order chi connectivity index (χ0) is 25.9. The number of imidazole rings is 1. The monoisotopic (exact) mass is 518 g/mol. The van der Waals surface area contributed by atoms with Crippen molar-refractivity contribution < 1.29 is 27.9 Å². The summed E-state index contributed by atoms with van der Waals surface area (Å²) in [4.78, 5) is 20.6. The Hall–Kier alpha value is -3.05. The van der Waals surface area contributed by atoms with E-state index in [2.05, 4.69) is 20.2 Å². The van der Waals surface area contributed by atoms with Gasteiger partial charge in [-0.1, -0.05) is 25.1 Å². The van der Waals surface area contributed by atoms with Crippen LogP contribution in [-0.2, 0) is 23.4 Å². The maximum Gasteiger partial charge on any atom is 0.459 e. The molecule has 1 aliphatic heterocycles. The van der Waals surface area contributed by atoms with E-state index in [-0.39, 0.29) is 36.7 Å². The number of hydrogen-bond donors (Lipinski definition) is 2. The Morgan fingerprint density at radius 3 is 2.75 bits per heavy atom. The summed E-state index contributed by atoms with van der Waals surface area (Å²) in [5.41, 5.74) is 7.09. The molecule has 0 radical (unpaired) electrons. The van der Waals surface area contributed by atoms with Gasteiger partial charge in [0.15, 0.2) is 11.5 Å². The molecule has 13 heteroatoms. The number of anilines is 1. The van der Waals surface area contributed by atoms with Gasteiger partial charge in [0, 0.05) is 0 Å². The van der Waals surface area contributed by atoms with Gasteiger partial charge in [-0.05, 0) is 45.2 Å². The number of carbonyl (C=O) groups is 1. The number of carbonyl (C=O) groups excluding carboxylic acids is 1. The van der Waals surface area contributed by atoms with Crippen LogP contribution in [-0.4, -0.2) is 50.4 Å². The molecule has 3 N–H and O–H groups in total. The Kier molecular flexibility index (Phi) is 7.89. The van der Waals surface area contributed by atoms with Crippen molar-refractivity contribution in [3.8, 4) is 5.75 Å². The molecule has 3 aromatic rings. The van der Waals surface area contributed by atoms with E-state index in [1.807, 2.05) is 6.92 Å². The van der Waals surface area contributed by atoms with Gasteiger partial charge in [0.2, 0.25) is 0 Å². The highest BCUT2D eigenvalue weighted by Gasteiger charge is 2.39. The fourth-order valence-electron chi connectivity index (χ4n) is 3.97. The minimum absolute atomic E-state index is 0.0300. The molecule has 5 atom stereocenters. The first kappa shape index (κ1) is 26.0. The lowest BCUT2D eigenvalue weighted by atomic mass is 10.00. The molecule has 0 bridgehead atoms. The van der Waals surface area contributed by atoms with E-state index in [0.717, 1.165) is 5.69 Å². The Morgan fingerprint density at radius 2 is 2.03 bits per heavy atom. The molecule has 1 saturated heterocycles. The van der Waals surface area contributed by atoms with E-state index < -0.39 is 19.8 Å². The van der Waals surface area contributed by atoms with Crippen LogP contribution in [0.4, 0.5) is 5.82 Å². The van der Waals surface area contributed by atoms with Gasteiger partial charge >= 0.3 is 13.7 Å². The summed E-state index contributed by atoms with van der Waals surface area (Å²) in [6.45, 7) is 7.02. The summed E-state index contributed by atoms with van der Waals surface area (Å²) >= 11 is 0. The number of fused-ring (bicyclic) bond motifs is 1. The number of esters is 1. The van der Waals surface area contributed by atoms with Gasteiger partial charge in [-0.25, -0.2) is 19.0 Å². The molecule has 2 aromatic heterocycles. The number of rotatable bonds is 10. The molecule has 0 aliphatic carbocycles. The number of para-hydroxylation sites is 1. The van der Waals surface area contributed by atoms with Crippen LogP contribution >= 0.6 is 7.75 Å². The van der Waals surface area contributed by atoms with Crippen molar-refractivity contribution in [2.45, 2.75) is 58.5 Å². The zero-order valence-electron chi connectivity index (χ0n) is 20.6. The largest absolute Gasteiger partial charge is 0.462 e. The molecular formula is C23H31N6O6P. The first-order valence-corrected chi connectivity index (χ1v) is 13.3. The highest BCUT2D eigenvalue weighted by atomic mass is 31.2. The molecule has 12 nitrogen and oxygen atoms in total. The van der Waals surface area contributed by atoms with Crippen LogP contribution in [0.3, 0.4) is 0 Å². The van der Waals surface area contributed by atoms with Gasteiger partial charge in [0.25, 0.3) is 0 Å². The summed E-state index contributed by atoms with van der Waals surface area (Å²) in [6.07, 6.45) is 2.63. The molecule has 4 rings (SSSR count). The Morgan fingerprint density at radius 1 is 1.28 bits per heavy atom. The fourth-order valence-corrected chi connectivity index (χ4v) is 5.49. The third-order valence-corrected chi connectivity index (χ3v) is 7.24. The van der Waals surface area contributed by atoms with Gasteiger partial charge in [0.1, 0.15) is 24.2 Å². The van der Waals surface area contributed by atoms with E-state index >= 15 is 0 Å². The molecule has 0 amide bonds. The van der Waals surface area contributed by atoms with Gasteiger partial charge in [-0.3, -0.25) is 9.32 Å². The third kappa shape index (κ3) is 6.01. The quantitative estimate of drug-likeness (QED) is 0.300. The topological polar surface area (TPSA) is 152 Å². The highest BCUT2D eigenvalue weighted by Crippen LogP contribution is 2.46. The van der Waals surface area contributed by atoms with Crippen molar-refractivity contribution in [2.75, 3.05) is 12.3 Å². The zero-order valence-corrected chi connectivity index (χ0v) is 21.5. The lowest BCUT2D eigenvalue weighted by Gasteiger charge is -2.24. The predicted octanol–water partition coefficient (Wildman–Crippen LogP) is 3.31. The second-order valence-electron chi connectivity index (χ2n) is 8.99. The lowest BCUT2D eigenvalue weighted by Crippen LogP contribution is -2.36. The summed E-state index contributed by atoms with van der Waals surface area (Å²) in [7, 11) is -3.98. The summed E-state index contributed by atoms with van der Waals surface area (Å²) < 4.78 is 38.2. The number of nitrogens with zero attached hydrogens (tertiary/aromatic N) is 4. The standard InChI is InChI=1S/C23H31N6O6P/c1-14(2)33-23(30)16(4)28-36(31,35-17-8-6-5-7-9-17)32-12-18-10-15(3)20(34-18)19-11-25-22-21(24)26-13-27-29(19)22/h5-9,11,13-16,18,20H,10,12H2,1-4H3,(H,28,31)(H2,24,26,27). The molecule has 3 heterocycles. The maximum absolute atomic E-state index is 13.7. The van der Waals surface area contributed by atoms with Crippen molar-refractivity contribution in [2.24, 2.45) is 5.92 Å². The number of nitrogens with one attached hydrogen (secondary N) is 1. The molecule has 0 spiro atoms. The Bertz CT molecular complexity index is 1240. The maximum atomic E-state index is 13.7. The van der Waals surface area contributed by atoms with Crippen LogP contribution in [0.15, 0.2) is 42.9 Å². The van der Waals surface area contributed by atoms with Gasteiger partial charge in [-0.15, -0.1) is 0 Å². The second kappa shape index (κ2) is 10.9. The molecule has 5 unspecified atom stereocenters. The number of hydrogen-bond acceptors (Lipinski definition) is 10. The van der Waals surface area contributed by atoms with Crippen molar-refractivity contribution in [1.29, 1.82) is 0 Å². The van der Waals surface area contributed by atoms with Crippen molar-refractivity contribution in [1.82, 2.24) is 24.7 Å². The number of aromatic nitrogens is 4. The van der Waals surface area contributed by atoms with Gasteiger partial charge in [0.05, 0.1) is 30.7 Å². The minimum atomic E-state index is -3.98. The number of nitrogens with two attached hydrogens (primary N) is 1. The van der Waals surface area contributed by atoms with E-state index in [0.29, 0.717) is 17.8 Å². The first-order chi connectivity index (χ1) is 17.1. The van der Waals surface area contributed by atoms with E-state index in [4.69, 9.17) is 24.3 Å². The van der Waals surface area contributed by atoms with Gasteiger partial charge in [-0.2, -0.15) is 10.2 Å². The minimum Gasteiger partial charge on any atom is -0.462 e. The molecular weight excluding hydrogens is 487 g/mol. The van der Waals surface area contributed by atoms with Crippen LogP contribution < -0.4 is 15.3 Å². The van der Waals surface area contributed by atoms with E-state index in [1.165, 1.54) is 13.3 Å². The molecule has 1 aromatic carbocycles. The average Bonchev–Trinajstić information content (AvgIpc) is 3.41. The Labute approximate surface area is 209 Å². The molecule has 36 heavy (non-hydrogen) atoms. The number of ether oxygens (including phenoxy) is 2. The van der Waals surface area contributed by atoms with E-state index in [1.54, 1.807) is 54.9 Å². The van der Waals surface area contributed by atoms with Crippen molar-refractivity contribution in [3.63, 3.8) is 0 Å². The number of benzene rings is 1. The predicted molar refractivity (Wildman–Crippen MR) is 131 cm³/mol. The Balaban J connectivity index is 1.46. The summed E-state index contributed by atoms with van der Waals surface area (Å²) in [5.74, 6) is 0.137. The van der Waals surface area contributed by atoms with Crippen LogP contribution in [0, 0.1) is 5.92 Å². The van der Waals surface area contributed by atoms with Crippen LogP contribution in [0.2, 0.25) is 0 Å². The normalized spacial score (nSPS) is 22.4. The highest BCUT2D eigenvalue weighted by molar-refractivity contribution is 7.52. The second-order valence-corrected chi connectivity index (χ2v) is 10.7. The van der Waals surface area contributed by atoms with Crippen LogP contribution in [0.5, 0.6) is 5.75 Å². The molecule has 194 valence electrons. The van der Waals surface area contributed by atoms with Crippen LogP contribution in [0.25, 0.3) is 5.65 Å². The first-order valence-electron chi connectivity index (χ1n) is 11.7. The SMILES string of the molecule is CC(C)OC(=O)C(C)NP(=O)(OCC1CC(C)C(c2cnc3c(N)ncnn23)O1)Oc1ccccc1. The summed E-state index contributed by atoms with van der Waals surface area (Å²) in [5, 5.41) is 6.93. The lowest BCUT2D eigenvalue weighted by molar-refractivity contribution is -0.149. The summed E-state index contributed by atoms with van der Waals surface area (Å²) in [6, 6.07) is 7.67. The molecule has 0 saturated carbocycles. The van der Waals surface area contributed by atoms with Crippen LogP contribution in [0.1, 0.15) is 45.9 Å². The smallest absolute Gasteiger partial charge is 0.459 e. The third-order valence-electron chi connectivity index (χ3n) is 5.60. The van der Waals surface area contributed by atoms with Crippen molar-refractivity contribution in [3.05, 3.63) is 48.5 Å². The number of nitrogen functional groups attached to an aromatic ring is 1. The molecule has 1 fully saturated rings. The van der Waals surface area contributed by atoms with E-state index in [9.17, 15) is 9.36 Å². The fraction of sp³-hybridized carbons (Fsp3) is 0.478.